The Labute approximate surface area is 105 Å². The number of hydrogen-bond donors (Lipinski definition) is 2. The van der Waals surface area contributed by atoms with Crippen LogP contribution in [0.1, 0.15) is 39.0 Å². The van der Waals surface area contributed by atoms with Crippen molar-refractivity contribution < 1.29 is 8.42 Å². The summed E-state index contributed by atoms with van der Waals surface area (Å²) in [5, 5.41) is 3.26. The van der Waals surface area contributed by atoms with Crippen LogP contribution in [0.3, 0.4) is 0 Å². The first kappa shape index (κ1) is 13.3. The fourth-order valence-corrected chi connectivity index (χ4v) is 4.52. The molecule has 100 valence electrons. The molecule has 0 aromatic carbocycles. The molecule has 1 heterocycles. The maximum atomic E-state index is 12.0. The summed E-state index contributed by atoms with van der Waals surface area (Å²) in [5.41, 5.74) is 0. The molecule has 5 heteroatoms. The van der Waals surface area contributed by atoms with E-state index in [4.69, 9.17) is 0 Å². The number of nitrogens with one attached hydrogen (secondary N) is 2. The minimum Gasteiger partial charge on any atom is -0.317 e. The number of hydrogen-bond acceptors (Lipinski definition) is 3. The van der Waals surface area contributed by atoms with E-state index in [1.165, 1.54) is 0 Å². The highest BCUT2D eigenvalue weighted by Gasteiger charge is 2.39. The molecule has 17 heavy (non-hydrogen) atoms. The van der Waals surface area contributed by atoms with Crippen molar-refractivity contribution in [3.8, 4) is 0 Å². The summed E-state index contributed by atoms with van der Waals surface area (Å²) < 4.78 is 26.8. The molecule has 1 aliphatic carbocycles. The Balaban J connectivity index is 1.75. The molecule has 0 radical (unpaired) electrons. The third kappa shape index (κ3) is 4.23. The normalized spacial score (nSPS) is 30.4. The van der Waals surface area contributed by atoms with E-state index >= 15 is 0 Å². The average Bonchev–Trinajstić information content (AvgIpc) is 2.96. The molecule has 0 spiro atoms. The molecule has 0 aromatic heterocycles. The van der Waals surface area contributed by atoms with Crippen molar-refractivity contribution >= 4 is 10.0 Å². The van der Waals surface area contributed by atoms with Gasteiger partial charge >= 0.3 is 0 Å². The highest BCUT2D eigenvalue weighted by Crippen LogP contribution is 2.35. The monoisotopic (exact) mass is 260 g/mol. The van der Waals surface area contributed by atoms with Gasteiger partial charge in [0.25, 0.3) is 0 Å². The molecule has 0 bridgehead atoms. The summed E-state index contributed by atoms with van der Waals surface area (Å²) in [6.45, 7) is 4.07. The van der Waals surface area contributed by atoms with Gasteiger partial charge in [0.1, 0.15) is 0 Å². The number of sulfonamides is 1. The summed E-state index contributed by atoms with van der Waals surface area (Å²) in [7, 11) is -3.05. The van der Waals surface area contributed by atoms with Crippen LogP contribution in [0, 0.1) is 11.8 Å². The largest absolute Gasteiger partial charge is 0.317 e. The van der Waals surface area contributed by atoms with E-state index in [0.29, 0.717) is 17.6 Å². The number of piperidine rings is 1. The zero-order valence-corrected chi connectivity index (χ0v) is 11.4. The van der Waals surface area contributed by atoms with Gasteiger partial charge in [0, 0.05) is 6.04 Å². The second kappa shape index (κ2) is 5.67. The SMILES string of the molecule is CCCC1CC1NS(=O)(=O)CC1CCNCC1. The minimum absolute atomic E-state index is 0.238. The standard InChI is InChI=1S/C12H24N2O2S/c1-2-3-11-8-12(11)14-17(15,16)9-10-4-6-13-7-5-10/h10-14H,2-9H2,1H3. The molecule has 2 atom stereocenters. The highest BCUT2D eigenvalue weighted by molar-refractivity contribution is 7.89. The predicted molar refractivity (Wildman–Crippen MR) is 69.3 cm³/mol. The molecular formula is C12H24N2O2S. The molecule has 2 fully saturated rings. The lowest BCUT2D eigenvalue weighted by Crippen LogP contribution is -2.36. The highest BCUT2D eigenvalue weighted by atomic mass is 32.2. The van der Waals surface area contributed by atoms with Crippen molar-refractivity contribution in [3.05, 3.63) is 0 Å². The van der Waals surface area contributed by atoms with Crippen molar-refractivity contribution in [1.29, 1.82) is 0 Å². The first-order valence-electron chi connectivity index (χ1n) is 6.81. The maximum absolute atomic E-state index is 12.0. The van der Waals surface area contributed by atoms with Gasteiger partial charge in [0.15, 0.2) is 0 Å². The lowest BCUT2D eigenvalue weighted by molar-refractivity contribution is 0.400. The van der Waals surface area contributed by atoms with Crippen LogP contribution in [-0.2, 0) is 10.0 Å². The Hall–Kier alpha value is -0.130. The second-order valence-electron chi connectivity index (χ2n) is 5.48. The minimum atomic E-state index is -3.05. The maximum Gasteiger partial charge on any atom is 0.212 e. The van der Waals surface area contributed by atoms with Gasteiger partial charge in [-0.3, -0.25) is 0 Å². The van der Waals surface area contributed by atoms with E-state index in [1.54, 1.807) is 0 Å². The van der Waals surface area contributed by atoms with Crippen LogP contribution in [-0.4, -0.2) is 33.3 Å². The van der Waals surface area contributed by atoms with E-state index in [2.05, 4.69) is 17.0 Å². The van der Waals surface area contributed by atoms with Gasteiger partial charge in [-0.25, -0.2) is 13.1 Å². The van der Waals surface area contributed by atoms with Gasteiger partial charge in [-0.1, -0.05) is 13.3 Å². The number of rotatable bonds is 6. The molecule has 2 aliphatic rings. The van der Waals surface area contributed by atoms with E-state index in [0.717, 1.165) is 45.2 Å². The van der Waals surface area contributed by atoms with Crippen LogP contribution < -0.4 is 10.0 Å². The quantitative estimate of drug-likeness (QED) is 0.752. The molecular weight excluding hydrogens is 236 g/mol. The Morgan fingerprint density at radius 3 is 2.65 bits per heavy atom. The van der Waals surface area contributed by atoms with Crippen molar-refractivity contribution in [3.63, 3.8) is 0 Å². The molecule has 1 saturated heterocycles. The van der Waals surface area contributed by atoms with Crippen LogP contribution in [0.4, 0.5) is 0 Å². The Morgan fingerprint density at radius 2 is 2.00 bits per heavy atom. The van der Waals surface area contributed by atoms with E-state index in [1.807, 2.05) is 0 Å². The third-order valence-corrected chi connectivity index (χ3v) is 5.40. The smallest absolute Gasteiger partial charge is 0.212 e. The van der Waals surface area contributed by atoms with Crippen molar-refractivity contribution in [2.45, 2.75) is 45.1 Å². The van der Waals surface area contributed by atoms with E-state index < -0.39 is 10.0 Å². The average molecular weight is 260 g/mol. The predicted octanol–water partition coefficient (Wildman–Crippen LogP) is 1.09. The summed E-state index contributed by atoms with van der Waals surface area (Å²) in [4.78, 5) is 0. The van der Waals surface area contributed by atoms with E-state index in [9.17, 15) is 8.42 Å². The summed E-state index contributed by atoms with van der Waals surface area (Å²) in [6, 6.07) is 0.238. The molecule has 1 saturated carbocycles. The lowest BCUT2D eigenvalue weighted by atomic mass is 10.0. The zero-order chi connectivity index (χ0) is 12.3. The molecule has 2 unspecified atom stereocenters. The van der Waals surface area contributed by atoms with Gasteiger partial charge < -0.3 is 5.32 Å². The Kier molecular flexibility index (Phi) is 4.44. The topological polar surface area (TPSA) is 58.2 Å². The Morgan fingerprint density at radius 1 is 1.29 bits per heavy atom. The summed E-state index contributed by atoms with van der Waals surface area (Å²) in [6.07, 6.45) is 5.32. The van der Waals surface area contributed by atoms with Crippen LogP contribution in [0.15, 0.2) is 0 Å². The van der Waals surface area contributed by atoms with Crippen molar-refractivity contribution in [2.24, 2.45) is 11.8 Å². The van der Waals surface area contributed by atoms with Crippen LogP contribution in [0.25, 0.3) is 0 Å². The molecule has 4 nitrogen and oxygen atoms in total. The van der Waals surface area contributed by atoms with Crippen LogP contribution >= 0.6 is 0 Å². The Bertz CT molecular complexity index is 336. The van der Waals surface area contributed by atoms with Crippen molar-refractivity contribution in [2.75, 3.05) is 18.8 Å². The second-order valence-corrected chi connectivity index (χ2v) is 7.28. The van der Waals surface area contributed by atoms with Gasteiger partial charge in [-0.15, -0.1) is 0 Å². The fourth-order valence-electron chi connectivity index (χ4n) is 2.72. The van der Waals surface area contributed by atoms with Crippen LogP contribution in [0.5, 0.6) is 0 Å². The zero-order valence-electron chi connectivity index (χ0n) is 10.6. The molecule has 2 rings (SSSR count). The summed E-state index contributed by atoms with van der Waals surface area (Å²) >= 11 is 0. The molecule has 1 aliphatic heterocycles. The first-order valence-corrected chi connectivity index (χ1v) is 8.46. The molecule has 2 N–H and O–H groups in total. The molecule has 0 aromatic rings. The van der Waals surface area contributed by atoms with Gasteiger partial charge in [0.05, 0.1) is 5.75 Å². The van der Waals surface area contributed by atoms with Crippen LogP contribution in [0.2, 0.25) is 0 Å². The fraction of sp³-hybridized carbons (Fsp3) is 1.00. The third-order valence-electron chi connectivity index (χ3n) is 3.83. The summed E-state index contributed by atoms with van der Waals surface area (Å²) in [5.74, 6) is 1.27. The lowest BCUT2D eigenvalue weighted by Gasteiger charge is -2.22. The van der Waals surface area contributed by atoms with Crippen molar-refractivity contribution in [1.82, 2.24) is 10.0 Å². The van der Waals surface area contributed by atoms with Gasteiger partial charge in [-0.05, 0) is 50.6 Å². The van der Waals surface area contributed by atoms with Gasteiger partial charge in [-0.2, -0.15) is 0 Å². The molecule has 0 amide bonds. The van der Waals surface area contributed by atoms with Gasteiger partial charge in [0.2, 0.25) is 10.0 Å². The van der Waals surface area contributed by atoms with E-state index in [-0.39, 0.29) is 6.04 Å². The first-order chi connectivity index (χ1) is 8.11.